The number of carbonyl (C=O) groups is 1. The molecular weight excluding hydrogens is 414 g/mol. The van der Waals surface area contributed by atoms with Gasteiger partial charge in [0.05, 0.1) is 5.54 Å². The minimum atomic E-state index is -0.207. The van der Waals surface area contributed by atoms with E-state index in [0.717, 1.165) is 24.8 Å². The van der Waals surface area contributed by atoms with E-state index in [9.17, 15) is 4.79 Å². The lowest BCUT2D eigenvalue weighted by Crippen LogP contribution is -2.31. The molecule has 0 bridgehead atoms. The second-order valence-electron chi connectivity index (χ2n) is 8.86. The van der Waals surface area contributed by atoms with Crippen molar-refractivity contribution in [2.24, 2.45) is 0 Å². The molecule has 0 aliphatic heterocycles. The van der Waals surface area contributed by atoms with Crippen LogP contribution in [0.1, 0.15) is 59.3 Å². The van der Waals surface area contributed by atoms with Gasteiger partial charge in [-0.2, -0.15) is 0 Å². The maximum Gasteiger partial charge on any atom is 0.150 e. The fourth-order valence-corrected chi connectivity index (χ4v) is 4.43. The Hall–Kier alpha value is -3.91. The number of hydrogen-bond acceptors (Lipinski definition) is 2. The van der Waals surface area contributed by atoms with Crippen LogP contribution in [0.5, 0.6) is 0 Å². The normalized spacial score (nSPS) is 12.4. The quantitative estimate of drug-likeness (QED) is 0.208. The summed E-state index contributed by atoms with van der Waals surface area (Å²) >= 11 is 0. The van der Waals surface area contributed by atoms with Crippen LogP contribution >= 0.6 is 0 Å². The Morgan fingerprint density at radius 3 is 1.76 bits per heavy atom. The van der Waals surface area contributed by atoms with Crippen LogP contribution in [0.25, 0.3) is 11.6 Å². The Bertz CT molecular complexity index is 1180. The standard InChI is InChI=1S/C32H31NO/c1-3-22-32(2,33-30-20-16-26(24-34)17-21-30)29-18-14-25(15-19-29)23-31(27-10-6-4-7-11-27)28-12-8-5-9-13-28/h4-21,23-24,33H,3,22H2,1-2H3. The Morgan fingerprint density at radius 1 is 0.735 bits per heavy atom. The second kappa shape index (κ2) is 10.8. The molecule has 2 nitrogen and oxygen atoms in total. The van der Waals surface area contributed by atoms with E-state index in [1.807, 2.05) is 24.3 Å². The van der Waals surface area contributed by atoms with Crippen LogP contribution in [-0.4, -0.2) is 6.29 Å². The molecule has 170 valence electrons. The van der Waals surface area contributed by atoms with E-state index < -0.39 is 0 Å². The molecule has 0 fully saturated rings. The highest BCUT2D eigenvalue weighted by molar-refractivity contribution is 5.91. The lowest BCUT2D eigenvalue weighted by molar-refractivity contribution is 0.112. The Kier molecular flexibility index (Phi) is 7.39. The average Bonchev–Trinajstić information content (AvgIpc) is 2.89. The number of nitrogens with one attached hydrogen (secondary N) is 1. The molecular formula is C32H31NO. The third-order valence-electron chi connectivity index (χ3n) is 6.25. The summed E-state index contributed by atoms with van der Waals surface area (Å²) in [5.74, 6) is 0. The average molecular weight is 446 g/mol. The van der Waals surface area contributed by atoms with Gasteiger partial charge in [-0.05, 0) is 71.5 Å². The van der Waals surface area contributed by atoms with Crippen molar-refractivity contribution in [2.45, 2.75) is 32.2 Å². The monoisotopic (exact) mass is 445 g/mol. The molecule has 34 heavy (non-hydrogen) atoms. The van der Waals surface area contributed by atoms with E-state index in [2.05, 4.69) is 110 Å². The molecule has 4 rings (SSSR count). The molecule has 0 saturated carbocycles. The van der Waals surface area contributed by atoms with Crippen molar-refractivity contribution in [2.75, 3.05) is 5.32 Å². The molecule has 1 unspecified atom stereocenters. The number of aldehydes is 1. The van der Waals surface area contributed by atoms with E-state index in [-0.39, 0.29) is 5.54 Å². The number of carbonyl (C=O) groups excluding carboxylic acids is 1. The lowest BCUT2D eigenvalue weighted by Gasteiger charge is -2.33. The fraction of sp³-hybridized carbons (Fsp3) is 0.156. The van der Waals surface area contributed by atoms with E-state index in [4.69, 9.17) is 0 Å². The van der Waals surface area contributed by atoms with Crippen molar-refractivity contribution < 1.29 is 4.79 Å². The Labute approximate surface area is 203 Å². The van der Waals surface area contributed by atoms with E-state index in [0.29, 0.717) is 5.56 Å². The van der Waals surface area contributed by atoms with Gasteiger partial charge >= 0.3 is 0 Å². The molecule has 4 aromatic carbocycles. The van der Waals surface area contributed by atoms with Crippen LogP contribution in [0, 0.1) is 0 Å². The van der Waals surface area contributed by atoms with Crippen LogP contribution in [0.15, 0.2) is 109 Å². The van der Waals surface area contributed by atoms with Gasteiger partial charge in [-0.3, -0.25) is 4.79 Å². The largest absolute Gasteiger partial charge is 0.376 e. The van der Waals surface area contributed by atoms with Crippen molar-refractivity contribution in [3.8, 4) is 0 Å². The van der Waals surface area contributed by atoms with Gasteiger partial charge in [0, 0.05) is 11.3 Å². The van der Waals surface area contributed by atoms with Gasteiger partial charge in [-0.1, -0.05) is 98.3 Å². The van der Waals surface area contributed by atoms with Crippen LogP contribution in [-0.2, 0) is 5.54 Å². The predicted molar refractivity (Wildman–Crippen MR) is 144 cm³/mol. The van der Waals surface area contributed by atoms with Crippen molar-refractivity contribution in [3.05, 3.63) is 137 Å². The Balaban J connectivity index is 1.65. The van der Waals surface area contributed by atoms with E-state index >= 15 is 0 Å². The van der Waals surface area contributed by atoms with Crippen molar-refractivity contribution in [3.63, 3.8) is 0 Å². The van der Waals surface area contributed by atoms with E-state index in [1.165, 1.54) is 27.8 Å². The molecule has 0 aromatic heterocycles. The van der Waals surface area contributed by atoms with Crippen LogP contribution in [0.4, 0.5) is 5.69 Å². The summed E-state index contributed by atoms with van der Waals surface area (Å²) in [4.78, 5) is 11.0. The zero-order valence-corrected chi connectivity index (χ0v) is 19.9. The molecule has 0 spiro atoms. The summed E-state index contributed by atoms with van der Waals surface area (Å²) in [6.07, 6.45) is 5.19. The SMILES string of the molecule is CCCC(C)(Nc1ccc(C=O)cc1)c1ccc(C=C(c2ccccc2)c2ccccc2)cc1. The zero-order valence-electron chi connectivity index (χ0n) is 19.9. The first-order valence-corrected chi connectivity index (χ1v) is 11.9. The Morgan fingerprint density at radius 2 is 1.26 bits per heavy atom. The highest BCUT2D eigenvalue weighted by atomic mass is 16.1. The molecule has 1 N–H and O–H groups in total. The van der Waals surface area contributed by atoms with Gasteiger partial charge in [-0.25, -0.2) is 0 Å². The van der Waals surface area contributed by atoms with Crippen molar-refractivity contribution in [1.29, 1.82) is 0 Å². The zero-order chi connectivity index (χ0) is 23.8. The molecule has 1 atom stereocenters. The number of benzene rings is 4. The smallest absolute Gasteiger partial charge is 0.150 e. The first-order chi connectivity index (χ1) is 16.6. The minimum absolute atomic E-state index is 0.207. The molecule has 4 aromatic rings. The van der Waals surface area contributed by atoms with Crippen molar-refractivity contribution >= 4 is 23.6 Å². The summed E-state index contributed by atoms with van der Waals surface area (Å²) in [5, 5.41) is 3.70. The maximum absolute atomic E-state index is 11.0. The van der Waals surface area contributed by atoms with Gasteiger partial charge in [0.15, 0.2) is 0 Å². The second-order valence-corrected chi connectivity index (χ2v) is 8.86. The summed E-state index contributed by atoms with van der Waals surface area (Å²) in [7, 11) is 0. The predicted octanol–water partition coefficient (Wildman–Crippen LogP) is 8.22. The maximum atomic E-state index is 11.0. The summed E-state index contributed by atoms with van der Waals surface area (Å²) in [6.45, 7) is 4.45. The third-order valence-corrected chi connectivity index (χ3v) is 6.25. The van der Waals surface area contributed by atoms with E-state index in [1.54, 1.807) is 0 Å². The first kappa shape index (κ1) is 23.3. The summed E-state index contributed by atoms with van der Waals surface area (Å²) in [5.41, 5.74) is 7.52. The molecule has 0 heterocycles. The molecule has 0 aliphatic rings. The van der Waals surface area contributed by atoms with Gasteiger partial charge in [0.25, 0.3) is 0 Å². The highest BCUT2D eigenvalue weighted by Gasteiger charge is 2.25. The molecule has 0 saturated heterocycles. The molecule has 0 amide bonds. The number of hydrogen-bond donors (Lipinski definition) is 1. The van der Waals surface area contributed by atoms with Crippen LogP contribution < -0.4 is 5.32 Å². The number of rotatable bonds is 9. The first-order valence-electron chi connectivity index (χ1n) is 11.9. The summed E-state index contributed by atoms with van der Waals surface area (Å²) in [6, 6.07) is 37.6. The topological polar surface area (TPSA) is 29.1 Å². The van der Waals surface area contributed by atoms with Gasteiger partial charge in [0.1, 0.15) is 6.29 Å². The highest BCUT2D eigenvalue weighted by Crippen LogP contribution is 2.32. The van der Waals surface area contributed by atoms with Gasteiger partial charge < -0.3 is 5.32 Å². The van der Waals surface area contributed by atoms with Crippen LogP contribution in [0.3, 0.4) is 0 Å². The molecule has 0 radical (unpaired) electrons. The lowest BCUT2D eigenvalue weighted by atomic mass is 9.86. The van der Waals surface area contributed by atoms with Gasteiger partial charge in [-0.15, -0.1) is 0 Å². The van der Waals surface area contributed by atoms with Gasteiger partial charge in [0.2, 0.25) is 0 Å². The van der Waals surface area contributed by atoms with Crippen LogP contribution in [0.2, 0.25) is 0 Å². The molecule has 0 aliphatic carbocycles. The fourth-order valence-electron chi connectivity index (χ4n) is 4.43. The molecule has 2 heteroatoms. The summed E-state index contributed by atoms with van der Waals surface area (Å²) < 4.78 is 0. The third kappa shape index (κ3) is 5.52. The van der Waals surface area contributed by atoms with Crippen molar-refractivity contribution in [1.82, 2.24) is 0 Å². The minimum Gasteiger partial charge on any atom is -0.376 e. The number of anilines is 1.